The summed E-state index contributed by atoms with van der Waals surface area (Å²) in [4.78, 5) is 35.1. The van der Waals surface area contributed by atoms with E-state index in [-0.39, 0.29) is 22.6 Å². The molecule has 6 heteroatoms. The fourth-order valence-corrected chi connectivity index (χ4v) is 2.46. The number of esters is 1. The zero-order valence-corrected chi connectivity index (χ0v) is 14.3. The molecule has 0 saturated heterocycles. The van der Waals surface area contributed by atoms with Crippen LogP contribution in [0.5, 0.6) is 0 Å². The van der Waals surface area contributed by atoms with Crippen LogP contribution in [0.25, 0.3) is 0 Å². The van der Waals surface area contributed by atoms with Crippen molar-refractivity contribution < 1.29 is 19.2 Å². The molecule has 0 spiro atoms. The Kier molecular flexibility index (Phi) is 5.64. The van der Waals surface area contributed by atoms with Crippen molar-refractivity contribution in [2.45, 2.75) is 33.3 Å². The molecule has 1 atom stereocenters. The number of carbonyl (C=O) groups is 2. The normalized spacial score (nSPS) is 11.6. The molecule has 130 valence electrons. The summed E-state index contributed by atoms with van der Waals surface area (Å²) in [5.74, 6) is -1.08. The number of nitro benzene ring substituents is 1. The van der Waals surface area contributed by atoms with Gasteiger partial charge in [0.15, 0.2) is 6.10 Å². The van der Waals surface area contributed by atoms with Gasteiger partial charge in [-0.2, -0.15) is 0 Å². The number of rotatable bonds is 6. The molecule has 0 N–H and O–H groups in total. The van der Waals surface area contributed by atoms with E-state index in [1.165, 1.54) is 32.0 Å². The Hall–Kier alpha value is -3.02. The first-order chi connectivity index (χ1) is 11.8. The summed E-state index contributed by atoms with van der Waals surface area (Å²) in [5, 5.41) is 11.0. The van der Waals surface area contributed by atoms with Gasteiger partial charge in [0.25, 0.3) is 5.69 Å². The second-order valence-corrected chi connectivity index (χ2v) is 5.67. The molecule has 0 radical (unpaired) electrons. The number of hydrogen-bond acceptors (Lipinski definition) is 5. The summed E-state index contributed by atoms with van der Waals surface area (Å²) in [6.45, 7) is 4.98. The molecule has 0 heterocycles. The lowest BCUT2D eigenvalue weighted by atomic mass is 10.0. The van der Waals surface area contributed by atoms with Crippen LogP contribution in [0.3, 0.4) is 0 Å². The smallest absolute Gasteiger partial charge is 0.339 e. The van der Waals surface area contributed by atoms with Crippen molar-refractivity contribution in [3.8, 4) is 0 Å². The lowest BCUT2D eigenvalue weighted by Gasteiger charge is -2.13. The molecular formula is C19H19NO5. The molecular weight excluding hydrogens is 322 g/mol. The Morgan fingerprint density at radius 2 is 1.80 bits per heavy atom. The predicted octanol–water partition coefficient (Wildman–Crippen LogP) is 3.89. The maximum Gasteiger partial charge on any atom is 0.339 e. The average molecular weight is 341 g/mol. The van der Waals surface area contributed by atoms with Gasteiger partial charge < -0.3 is 4.74 Å². The molecule has 0 aliphatic rings. The Morgan fingerprint density at radius 1 is 1.16 bits per heavy atom. The summed E-state index contributed by atoms with van der Waals surface area (Å²) >= 11 is 0. The number of aryl methyl sites for hydroxylation is 1. The van der Waals surface area contributed by atoms with Crippen molar-refractivity contribution >= 4 is 17.4 Å². The third-order valence-electron chi connectivity index (χ3n) is 4.02. The molecule has 0 aliphatic heterocycles. The van der Waals surface area contributed by atoms with Gasteiger partial charge in [-0.05, 0) is 31.9 Å². The molecule has 2 aromatic rings. The Bertz CT molecular complexity index is 811. The fourth-order valence-electron chi connectivity index (χ4n) is 2.46. The van der Waals surface area contributed by atoms with Crippen LogP contribution in [0, 0.1) is 17.0 Å². The van der Waals surface area contributed by atoms with Crippen LogP contribution < -0.4 is 0 Å². The number of carbonyl (C=O) groups excluding carboxylic acids is 2. The average Bonchev–Trinajstić information content (AvgIpc) is 2.60. The largest absolute Gasteiger partial charge is 0.451 e. The lowest BCUT2D eigenvalue weighted by molar-refractivity contribution is -0.385. The number of nitro groups is 1. The monoisotopic (exact) mass is 341 g/mol. The molecule has 0 amide bonds. The highest BCUT2D eigenvalue weighted by Gasteiger charge is 2.24. The number of benzene rings is 2. The highest BCUT2D eigenvalue weighted by Crippen LogP contribution is 2.22. The minimum absolute atomic E-state index is 0.0789. The Balaban J connectivity index is 2.15. The van der Waals surface area contributed by atoms with Crippen LogP contribution in [0.15, 0.2) is 42.5 Å². The standard InChI is InChI=1S/C19H19NO5/c1-4-14-8-10-15(11-9-14)18(21)13(3)25-19(22)16-6-5-7-17(12(16)2)20(23)24/h5-11,13H,4H2,1-3H3. The second kappa shape index (κ2) is 7.70. The van der Waals surface area contributed by atoms with Crippen LogP contribution in [0.4, 0.5) is 5.69 Å². The molecule has 0 aromatic heterocycles. The van der Waals surface area contributed by atoms with E-state index in [9.17, 15) is 19.7 Å². The predicted molar refractivity (Wildman–Crippen MR) is 92.9 cm³/mol. The van der Waals surface area contributed by atoms with Crippen LogP contribution in [-0.2, 0) is 11.2 Å². The fraction of sp³-hybridized carbons (Fsp3) is 0.263. The summed E-state index contributed by atoms with van der Waals surface area (Å²) in [5.41, 5.74) is 1.69. The van der Waals surface area contributed by atoms with E-state index in [2.05, 4.69) is 0 Å². The minimum Gasteiger partial charge on any atom is -0.451 e. The Labute approximate surface area is 145 Å². The van der Waals surface area contributed by atoms with Crippen molar-refractivity contribution in [1.82, 2.24) is 0 Å². The maximum absolute atomic E-state index is 12.4. The van der Waals surface area contributed by atoms with Crippen LogP contribution in [-0.4, -0.2) is 22.8 Å². The van der Waals surface area contributed by atoms with Crippen LogP contribution in [0.2, 0.25) is 0 Å². The molecule has 1 unspecified atom stereocenters. The van der Waals surface area contributed by atoms with E-state index in [1.54, 1.807) is 12.1 Å². The van der Waals surface area contributed by atoms with E-state index < -0.39 is 17.0 Å². The van der Waals surface area contributed by atoms with Gasteiger partial charge in [-0.15, -0.1) is 0 Å². The molecule has 0 fully saturated rings. The van der Waals surface area contributed by atoms with E-state index >= 15 is 0 Å². The second-order valence-electron chi connectivity index (χ2n) is 5.67. The number of ketones is 1. The molecule has 0 bridgehead atoms. The zero-order valence-electron chi connectivity index (χ0n) is 14.3. The van der Waals surface area contributed by atoms with E-state index in [4.69, 9.17) is 4.74 Å². The summed E-state index contributed by atoms with van der Waals surface area (Å²) < 4.78 is 5.21. The first-order valence-corrected chi connectivity index (χ1v) is 7.93. The van der Waals surface area contributed by atoms with Crippen LogP contribution >= 0.6 is 0 Å². The molecule has 2 aromatic carbocycles. The Morgan fingerprint density at radius 3 is 2.36 bits per heavy atom. The lowest BCUT2D eigenvalue weighted by Crippen LogP contribution is -2.25. The third kappa shape index (κ3) is 4.09. The SMILES string of the molecule is CCc1ccc(C(=O)C(C)OC(=O)c2cccc([N+](=O)[O-])c2C)cc1. The number of hydrogen-bond donors (Lipinski definition) is 0. The van der Waals surface area contributed by atoms with E-state index in [0.29, 0.717) is 5.56 Å². The number of nitrogens with zero attached hydrogens (tertiary/aromatic N) is 1. The van der Waals surface area contributed by atoms with Crippen molar-refractivity contribution in [3.05, 3.63) is 74.8 Å². The third-order valence-corrected chi connectivity index (χ3v) is 4.02. The van der Waals surface area contributed by atoms with Gasteiger partial charge in [0.1, 0.15) is 0 Å². The number of Topliss-reactive ketones (excluding diaryl/α,β-unsaturated/α-hetero) is 1. The first-order valence-electron chi connectivity index (χ1n) is 7.93. The summed E-state index contributed by atoms with van der Waals surface area (Å²) in [6, 6.07) is 11.3. The topological polar surface area (TPSA) is 86.5 Å². The van der Waals surface area contributed by atoms with Crippen molar-refractivity contribution in [1.29, 1.82) is 0 Å². The first kappa shape index (κ1) is 18.3. The van der Waals surface area contributed by atoms with Crippen molar-refractivity contribution in [2.75, 3.05) is 0 Å². The van der Waals surface area contributed by atoms with Gasteiger partial charge in [-0.1, -0.05) is 37.3 Å². The molecule has 0 aliphatic carbocycles. The molecule has 2 rings (SSSR count). The van der Waals surface area contributed by atoms with E-state index in [1.807, 2.05) is 19.1 Å². The highest BCUT2D eigenvalue weighted by atomic mass is 16.6. The number of ether oxygens (including phenoxy) is 1. The van der Waals surface area contributed by atoms with E-state index in [0.717, 1.165) is 12.0 Å². The molecule has 25 heavy (non-hydrogen) atoms. The highest BCUT2D eigenvalue weighted by molar-refractivity contribution is 6.01. The maximum atomic E-state index is 12.4. The summed E-state index contributed by atoms with van der Waals surface area (Å²) in [6.07, 6.45) is -0.121. The van der Waals surface area contributed by atoms with Gasteiger partial charge in [0.2, 0.25) is 5.78 Å². The van der Waals surface area contributed by atoms with Gasteiger partial charge in [-0.25, -0.2) is 4.79 Å². The van der Waals surface area contributed by atoms with Gasteiger partial charge in [0.05, 0.1) is 10.5 Å². The summed E-state index contributed by atoms with van der Waals surface area (Å²) in [7, 11) is 0. The molecule has 6 nitrogen and oxygen atoms in total. The van der Waals surface area contributed by atoms with Crippen LogP contribution in [0.1, 0.15) is 45.7 Å². The minimum atomic E-state index is -0.987. The van der Waals surface area contributed by atoms with Gasteiger partial charge in [-0.3, -0.25) is 14.9 Å². The van der Waals surface area contributed by atoms with Crippen molar-refractivity contribution in [3.63, 3.8) is 0 Å². The van der Waals surface area contributed by atoms with Crippen molar-refractivity contribution in [2.24, 2.45) is 0 Å². The van der Waals surface area contributed by atoms with Gasteiger partial charge >= 0.3 is 5.97 Å². The quantitative estimate of drug-likeness (QED) is 0.344. The zero-order chi connectivity index (χ0) is 18.6. The molecule has 0 saturated carbocycles. The van der Waals surface area contributed by atoms with Gasteiger partial charge in [0, 0.05) is 17.2 Å².